The molecule has 0 aliphatic rings. The molecule has 35 heavy (non-hydrogen) atoms. The van der Waals surface area contributed by atoms with Gasteiger partial charge in [0.2, 0.25) is 0 Å². The third kappa shape index (κ3) is 8.84. The van der Waals surface area contributed by atoms with Crippen LogP contribution in [0.15, 0.2) is 51.3 Å². The van der Waals surface area contributed by atoms with Gasteiger partial charge in [-0.2, -0.15) is 0 Å². The van der Waals surface area contributed by atoms with Crippen LogP contribution in [0.25, 0.3) is 0 Å². The number of rotatable bonds is 13. The van der Waals surface area contributed by atoms with E-state index >= 15 is 0 Å². The van der Waals surface area contributed by atoms with E-state index in [1.807, 2.05) is 19.1 Å². The van der Waals surface area contributed by atoms with Gasteiger partial charge in [-0.3, -0.25) is 10.1 Å². The van der Waals surface area contributed by atoms with Gasteiger partial charge >= 0.3 is 11.7 Å². The third-order valence-electron chi connectivity index (χ3n) is 5.21. The third-order valence-corrected chi connectivity index (χ3v) is 6.29. The average molecular weight is 504 g/mol. The van der Waals surface area contributed by atoms with Crippen molar-refractivity contribution >= 4 is 23.2 Å². The largest absolute Gasteiger partial charge is 0.507 e. The monoisotopic (exact) mass is 503 g/mol. The Balaban J connectivity index is 2.01. The van der Waals surface area contributed by atoms with Crippen LogP contribution >= 0.6 is 11.3 Å². The molecule has 0 saturated heterocycles. The standard InChI is InChI=1S/C26H33NO7S/c1-5-14-33-16-20-12-11-19(35-20)10-9-18(3)24(29)23-21(28)15-22(34-25(23)30)17(2)8-6-7-13-27-26(31)32-4/h7,9,11-13,15,17,28H,5-6,8,10,14,16H2,1-4H3,(H,27,31)/b13-7+,18-9-. The summed E-state index contributed by atoms with van der Waals surface area (Å²) in [6.45, 7) is 6.81. The zero-order chi connectivity index (χ0) is 25.8. The molecule has 0 bridgehead atoms. The van der Waals surface area contributed by atoms with Crippen LogP contribution in [0.2, 0.25) is 0 Å². The molecule has 0 aliphatic heterocycles. The summed E-state index contributed by atoms with van der Waals surface area (Å²) in [5.74, 6) is -0.853. The normalized spacial score (nSPS) is 12.6. The molecule has 0 radical (unpaired) electrons. The number of allylic oxidation sites excluding steroid dienone is 3. The van der Waals surface area contributed by atoms with Gasteiger partial charge in [0.05, 0.1) is 13.7 Å². The Bertz CT molecular complexity index is 1110. The lowest BCUT2D eigenvalue weighted by atomic mass is 9.99. The highest BCUT2D eigenvalue weighted by molar-refractivity contribution is 7.11. The van der Waals surface area contributed by atoms with E-state index in [1.54, 1.807) is 30.4 Å². The van der Waals surface area contributed by atoms with Gasteiger partial charge in [0.25, 0.3) is 0 Å². The van der Waals surface area contributed by atoms with Gasteiger partial charge in [0.15, 0.2) is 5.78 Å². The van der Waals surface area contributed by atoms with E-state index in [2.05, 4.69) is 17.0 Å². The molecule has 1 atom stereocenters. The summed E-state index contributed by atoms with van der Waals surface area (Å²) in [5, 5.41) is 12.9. The lowest BCUT2D eigenvalue weighted by molar-refractivity contribution is 0.102. The minimum absolute atomic E-state index is 0.188. The van der Waals surface area contributed by atoms with Gasteiger partial charge in [-0.25, -0.2) is 9.59 Å². The van der Waals surface area contributed by atoms with E-state index < -0.39 is 23.3 Å². The fraction of sp³-hybridized carbons (Fsp3) is 0.423. The molecular weight excluding hydrogens is 470 g/mol. The molecule has 0 aliphatic carbocycles. The Kier molecular flexibility index (Phi) is 11.5. The van der Waals surface area contributed by atoms with E-state index in [0.29, 0.717) is 31.4 Å². The molecule has 0 saturated carbocycles. The van der Waals surface area contributed by atoms with E-state index in [1.165, 1.54) is 19.4 Å². The van der Waals surface area contributed by atoms with Crippen LogP contribution in [0.4, 0.5) is 4.79 Å². The van der Waals surface area contributed by atoms with Crippen molar-refractivity contribution in [2.24, 2.45) is 0 Å². The van der Waals surface area contributed by atoms with E-state index in [4.69, 9.17) is 9.15 Å². The molecule has 2 aromatic heterocycles. The molecule has 1 amide bonds. The number of aromatic hydroxyl groups is 1. The molecule has 190 valence electrons. The van der Waals surface area contributed by atoms with Crippen LogP contribution < -0.4 is 10.9 Å². The van der Waals surface area contributed by atoms with E-state index in [-0.39, 0.29) is 17.2 Å². The number of amides is 1. The summed E-state index contributed by atoms with van der Waals surface area (Å²) in [6, 6.07) is 5.32. The molecule has 8 nitrogen and oxygen atoms in total. The number of carbonyl (C=O) groups excluding carboxylic acids is 2. The van der Waals surface area contributed by atoms with Crippen molar-refractivity contribution in [1.29, 1.82) is 0 Å². The number of alkyl carbamates (subject to hydrolysis) is 1. The molecule has 0 fully saturated rings. The van der Waals surface area contributed by atoms with Crippen molar-refractivity contribution in [3.63, 3.8) is 0 Å². The topological polar surface area (TPSA) is 115 Å². The molecule has 2 N–H and O–H groups in total. The molecule has 1 unspecified atom stereocenters. The Morgan fingerprint density at radius 2 is 2.03 bits per heavy atom. The van der Waals surface area contributed by atoms with Crippen LogP contribution in [0.1, 0.15) is 71.8 Å². The average Bonchev–Trinajstić information content (AvgIpc) is 3.29. The van der Waals surface area contributed by atoms with Crippen molar-refractivity contribution in [2.45, 2.75) is 59.0 Å². The van der Waals surface area contributed by atoms with Crippen molar-refractivity contribution in [1.82, 2.24) is 5.32 Å². The van der Waals surface area contributed by atoms with E-state index in [9.17, 15) is 19.5 Å². The highest BCUT2D eigenvalue weighted by atomic mass is 32.1. The maximum absolute atomic E-state index is 12.8. The lowest BCUT2D eigenvalue weighted by Crippen LogP contribution is -2.17. The smallest absolute Gasteiger partial charge is 0.410 e. The first-order valence-corrected chi connectivity index (χ1v) is 12.3. The van der Waals surface area contributed by atoms with Crippen molar-refractivity contribution in [2.75, 3.05) is 13.7 Å². The predicted molar refractivity (Wildman–Crippen MR) is 135 cm³/mol. The number of nitrogens with one attached hydrogen (secondary N) is 1. The highest BCUT2D eigenvalue weighted by Crippen LogP contribution is 2.26. The van der Waals surface area contributed by atoms with Gasteiger partial charge < -0.3 is 19.0 Å². The maximum atomic E-state index is 12.8. The summed E-state index contributed by atoms with van der Waals surface area (Å²) < 4.78 is 15.4. The van der Waals surface area contributed by atoms with E-state index in [0.717, 1.165) is 22.8 Å². The van der Waals surface area contributed by atoms with Crippen LogP contribution in [-0.4, -0.2) is 30.7 Å². The number of ketones is 1. The molecule has 0 spiro atoms. The number of Topliss-reactive ketones (excluding diaryl/α,β-unsaturated/α-hetero) is 1. The number of ether oxygens (including phenoxy) is 2. The number of hydrogen-bond acceptors (Lipinski definition) is 8. The van der Waals surface area contributed by atoms with Gasteiger partial charge in [0, 0.05) is 41.0 Å². The minimum Gasteiger partial charge on any atom is -0.507 e. The summed E-state index contributed by atoms with van der Waals surface area (Å²) in [6.07, 6.45) is 7.09. The zero-order valence-electron chi connectivity index (χ0n) is 20.6. The maximum Gasteiger partial charge on any atom is 0.410 e. The first-order chi connectivity index (χ1) is 16.8. The summed E-state index contributed by atoms with van der Waals surface area (Å²) >= 11 is 1.61. The Labute approximate surface area is 209 Å². The fourth-order valence-corrected chi connectivity index (χ4v) is 4.10. The number of hydrogen-bond donors (Lipinski definition) is 2. The minimum atomic E-state index is -0.862. The zero-order valence-corrected chi connectivity index (χ0v) is 21.4. The van der Waals surface area contributed by atoms with Crippen LogP contribution in [0.5, 0.6) is 5.75 Å². The Morgan fingerprint density at radius 1 is 1.29 bits per heavy atom. The van der Waals surface area contributed by atoms with Gasteiger partial charge in [0.1, 0.15) is 17.1 Å². The molecule has 2 aromatic rings. The number of thiophene rings is 1. The molecule has 2 rings (SSSR count). The van der Waals surface area contributed by atoms with Crippen LogP contribution in [-0.2, 0) is 22.5 Å². The van der Waals surface area contributed by atoms with Gasteiger partial charge in [-0.1, -0.05) is 26.0 Å². The molecule has 9 heteroatoms. The second-order valence-electron chi connectivity index (χ2n) is 8.05. The Hall–Kier alpha value is -3.17. The lowest BCUT2D eigenvalue weighted by Gasteiger charge is -2.11. The first-order valence-electron chi connectivity index (χ1n) is 11.5. The van der Waals surface area contributed by atoms with Crippen LogP contribution in [0.3, 0.4) is 0 Å². The first kappa shape index (κ1) is 28.1. The van der Waals surface area contributed by atoms with Gasteiger partial charge in [-0.05, 0) is 43.9 Å². The predicted octanol–water partition coefficient (Wildman–Crippen LogP) is 5.46. The Morgan fingerprint density at radius 3 is 2.71 bits per heavy atom. The molecule has 2 heterocycles. The SMILES string of the molecule is CCCOCc1ccc(C/C=C(/C)C(=O)c2c(O)cc(C(C)CC/C=C/NC(=O)OC)oc2=O)s1. The highest BCUT2D eigenvalue weighted by Gasteiger charge is 2.22. The van der Waals surface area contributed by atoms with Crippen molar-refractivity contribution < 1.29 is 28.6 Å². The van der Waals surface area contributed by atoms with Gasteiger partial charge in [-0.15, -0.1) is 11.3 Å². The molecule has 0 aromatic carbocycles. The summed E-state index contributed by atoms with van der Waals surface area (Å²) in [4.78, 5) is 38.6. The number of carbonyl (C=O) groups is 2. The van der Waals surface area contributed by atoms with Crippen molar-refractivity contribution in [3.05, 3.63) is 73.6 Å². The second kappa shape index (κ2) is 14.3. The quantitative estimate of drug-likeness (QED) is 0.212. The molecular formula is C26H33NO7S. The summed E-state index contributed by atoms with van der Waals surface area (Å²) in [7, 11) is 1.27. The second-order valence-corrected chi connectivity index (χ2v) is 9.31. The van der Waals surface area contributed by atoms with Crippen LogP contribution in [0, 0.1) is 0 Å². The van der Waals surface area contributed by atoms with Crippen molar-refractivity contribution in [3.8, 4) is 5.75 Å². The fourth-order valence-electron chi connectivity index (χ4n) is 3.18. The number of methoxy groups -OCH3 is 1. The summed E-state index contributed by atoms with van der Waals surface area (Å²) in [5.41, 5.74) is -0.871.